The molecule has 2 rings (SSSR count). The highest BCUT2D eigenvalue weighted by Gasteiger charge is 2.20. The number of hydrogen-bond acceptors (Lipinski definition) is 3. The molecule has 1 aromatic rings. The van der Waals surface area contributed by atoms with Crippen LogP contribution in [-0.4, -0.2) is 47.1 Å². The molecule has 0 amide bonds. The van der Waals surface area contributed by atoms with Crippen molar-refractivity contribution in [2.24, 2.45) is 0 Å². The first-order valence-electron chi connectivity index (χ1n) is 7.04. The standard InChI is InChI=1S/C15H23BrN2O/c1-3-12(2)18-8-6-17(7-9-18)11-13-10-14(19)4-5-15(13)16/h4-5,10,12,19H,3,6-9,11H2,1-2H3. The van der Waals surface area contributed by atoms with E-state index in [-0.39, 0.29) is 0 Å². The van der Waals surface area contributed by atoms with Gasteiger partial charge in [0.1, 0.15) is 5.75 Å². The van der Waals surface area contributed by atoms with Gasteiger partial charge in [0.25, 0.3) is 0 Å². The second-order valence-electron chi connectivity index (χ2n) is 5.35. The molecule has 0 aliphatic carbocycles. The summed E-state index contributed by atoms with van der Waals surface area (Å²) in [4.78, 5) is 5.02. The van der Waals surface area contributed by atoms with Gasteiger partial charge in [-0.25, -0.2) is 0 Å². The van der Waals surface area contributed by atoms with Crippen LogP contribution in [0.15, 0.2) is 22.7 Å². The van der Waals surface area contributed by atoms with Crippen LogP contribution in [0.5, 0.6) is 5.75 Å². The average molecular weight is 327 g/mol. The lowest BCUT2D eigenvalue weighted by Crippen LogP contribution is -2.49. The van der Waals surface area contributed by atoms with Crippen molar-refractivity contribution in [3.05, 3.63) is 28.2 Å². The van der Waals surface area contributed by atoms with Crippen LogP contribution >= 0.6 is 15.9 Å². The summed E-state index contributed by atoms with van der Waals surface area (Å²) in [5.74, 6) is 0.344. The molecule has 0 radical (unpaired) electrons. The van der Waals surface area contributed by atoms with E-state index in [0.29, 0.717) is 11.8 Å². The fourth-order valence-corrected chi connectivity index (χ4v) is 2.92. The first kappa shape index (κ1) is 14.8. The molecule has 0 bridgehead atoms. The molecule has 1 aliphatic heterocycles. The van der Waals surface area contributed by atoms with E-state index < -0.39 is 0 Å². The maximum absolute atomic E-state index is 9.57. The number of piperazine rings is 1. The monoisotopic (exact) mass is 326 g/mol. The van der Waals surface area contributed by atoms with Gasteiger partial charge in [0.2, 0.25) is 0 Å². The zero-order valence-electron chi connectivity index (χ0n) is 11.8. The number of aromatic hydroxyl groups is 1. The molecule has 1 heterocycles. The van der Waals surface area contributed by atoms with Crippen molar-refractivity contribution in [1.82, 2.24) is 9.80 Å². The number of halogens is 1. The minimum absolute atomic E-state index is 0.344. The third-order valence-electron chi connectivity index (χ3n) is 4.04. The predicted molar refractivity (Wildman–Crippen MR) is 82.4 cm³/mol. The summed E-state index contributed by atoms with van der Waals surface area (Å²) in [6, 6.07) is 6.18. The molecule has 106 valence electrons. The van der Waals surface area contributed by atoms with Crippen molar-refractivity contribution in [3.8, 4) is 5.75 Å². The van der Waals surface area contributed by atoms with Gasteiger partial charge in [0, 0.05) is 43.2 Å². The SMILES string of the molecule is CCC(C)N1CCN(Cc2cc(O)ccc2Br)CC1. The highest BCUT2D eigenvalue weighted by Crippen LogP contribution is 2.23. The molecule has 0 spiro atoms. The fourth-order valence-electron chi connectivity index (χ4n) is 2.54. The van der Waals surface area contributed by atoms with Crippen LogP contribution in [0.2, 0.25) is 0 Å². The van der Waals surface area contributed by atoms with Gasteiger partial charge >= 0.3 is 0 Å². The second-order valence-corrected chi connectivity index (χ2v) is 6.20. The van der Waals surface area contributed by atoms with Crippen LogP contribution in [-0.2, 0) is 6.54 Å². The maximum atomic E-state index is 9.57. The molecule has 19 heavy (non-hydrogen) atoms. The number of phenolic OH excluding ortho intramolecular Hbond substituents is 1. The molecule has 0 aromatic heterocycles. The van der Waals surface area contributed by atoms with Gasteiger partial charge in [-0.1, -0.05) is 22.9 Å². The summed E-state index contributed by atoms with van der Waals surface area (Å²) in [7, 11) is 0. The summed E-state index contributed by atoms with van der Waals surface area (Å²) < 4.78 is 1.08. The molecule has 1 aromatic carbocycles. The first-order chi connectivity index (χ1) is 9.10. The summed E-state index contributed by atoms with van der Waals surface area (Å²) in [6.45, 7) is 9.96. The second kappa shape index (κ2) is 6.73. The Morgan fingerprint density at radius 2 is 1.95 bits per heavy atom. The third kappa shape index (κ3) is 3.94. The minimum atomic E-state index is 0.344. The predicted octanol–water partition coefficient (Wildman–Crippen LogP) is 3.07. The smallest absolute Gasteiger partial charge is 0.115 e. The lowest BCUT2D eigenvalue weighted by molar-refractivity contribution is 0.0962. The topological polar surface area (TPSA) is 26.7 Å². The van der Waals surface area contributed by atoms with E-state index in [0.717, 1.165) is 42.8 Å². The highest BCUT2D eigenvalue weighted by atomic mass is 79.9. The van der Waals surface area contributed by atoms with Crippen LogP contribution in [0.25, 0.3) is 0 Å². The molecule has 1 unspecified atom stereocenters. The van der Waals surface area contributed by atoms with E-state index in [1.807, 2.05) is 12.1 Å². The Balaban J connectivity index is 1.90. The summed E-state index contributed by atoms with van der Waals surface area (Å²) >= 11 is 3.56. The zero-order valence-corrected chi connectivity index (χ0v) is 13.4. The number of nitrogens with zero attached hydrogens (tertiary/aromatic N) is 2. The Bertz CT molecular complexity index is 417. The number of hydrogen-bond donors (Lipinski definition) is 1. The van der Waals surface area contributed by atoms with Crippen molar-refractivity contribution < 1.29 is 5.11 Å². The lowest BCUT2D eigenvalue weighted by atomic mass is 10.1. The van der Waals surface area contributed by atoms with Gasteiger partial charge in [-0.3, -0.25) is 9.80 Å². The van der Waals surface area contributed by atoms with Gasteiger partial charge in [-0.15, -0.1) is 0 Å². The van der Waals surface area contributed by atoms with E-state index in [1.165, 1.54) is 6.42 Å². The van der Waals surface area contributed by atoms with Gasteiger partial charge in [-0.2, -0.15) is 0 Å². The highest BCUT2D eigenvalue weighted by molar-refractivity contribution is 9.10. The molecule has 1 aliphatic rings. The van der Waals surface area contributed by atoms with E-state index >= 15 is 0 Å². The normalized spacial score (nSPS) is 19.5. The van der Waals surface area contributed by atoms with E-state index in [9.17, 15) is 5.11 Å². The Morgan fingerprint density at radius 1 is 1.26 bits per heavy atom. The van der Waals surface area contributed by atoms with Gasteiger partial charge in [0.15, 0.2) is 0 Å². The summed E-state index contributed by atoms with van der Waals surface area (Å²) in [5, 5.41) is 9.57. The van der Waals surface area contributed by atoms with Crippen molar-refractivity contribution in [2.45, 2.75) is 32.9 Å². The van der Waals surface area contributed by atoms with E-state index in [1.54, 1.807) is 6.07 Å². The molecular weight excluding hydrogens is 304 g/mol. The van der Waals surface area contributed by atoms with E-state index in [4.69, 9.17) is 0 Å². The molecule has 1 N–H and O–H groups in total. The van der Waals surface area contributed by atoms with Crippen molar-refractivity contribution in [3.63, 3.8) is 0 Å². The summed E-state index contributed by atoms with van der Waals surface area (Å²) in [6.07, 6.45) is 1.22. The van der Waals surface area contributed by atoms with Gasteiger partial charge < -0.3 is 5.11 Å². The van der Waals surface area contributed by atoms with Crippen LogP contribution in [0.4, 0.5) is 0 Å². The maximum Gasteiger partial charge on any atom is 0.115 e. The van der Waals surface area contributed by atoms with Crippen molar-refractivity contribution in [2.75, 3.05) is 26.2 Å². The molecule has 1 atom stereocenters. The van der Waals surface area contributed by atoms with Crippen LogP contribution in [0, 0.1) is 0 Å². The Morgan fingerprint density at radius 3 is 2.58 bits per heavy atom. The van der Waals surface area contributed by atoms with Crippen LogP contribution in [0.1, 0.15) is 25.8 Å². The quantitative estimate of drug-likeness (QED) is 0.921. The molecule has 1 fully saturated rings. The third-order valence-corrected chi connectivity index (χ3v) is 4.82. The van der Waals surface area contributed by atoms with Gasteiger partial charge in [-0.05, 0) is 37.1 Å². The number of benzene rings is 1. The molecular formula is C15H23BrN2O. The van der Waals surface area contributed by atoms with Gasteiger partial charge in [0.05, 0.1) is 0 Å². The number of rotatable bonds is 4. The van der Waals surface area contributed by atoms with Crippen molar-refractivity contribution >= 4 is 15.9 Å². The van der Waals surface area contributed by atoms with Crippen molar-refractivity contribution in [1.29, 1.82) is 0 Å². The molecule has 1 saturated heterocycles. The van der Waals surface area contributed by atoms with Crippen LogP contribution in [0.3, 0.4) is 0 Å². The molecule has 0 saturated carbocycles. The largest absolute Gasteiger partial charge is 0.508 e. The number of phenols is 1. The lowest BCUT2D eigenvalue weighted by Gasteiger charge is -2.38. The Labute approximate surface area is 124 Å². The molecule has 3 nitrogen and oxygen atoms in total. The fraction of sp³-hybridized carbons (Fsp3) is 0.600. The van der Waals surface area contributed by atoms with Crippen LogP contribution < -0.4 is 0 Å². The Hall–Kier alpha value is -0.580. The van der Waals surface area contributed by atoms with E-state index in [2.05, 4.69) is 39.6 Å². The summed E-state index contributed by atoms with van der Waals surface area (Å²) in [5.41, 5.74) is 1.16. The molecule has 4 heteroatoms. The average Bonchev–Trinajstić information content (AvgIpc) is 2.43. The first-order valence-corrected chi connectivity index (χ1v) is 7.83. The Kier molecular flexibility index (Phi) is 5.25. The minimum Gasteiger partial charge on any atom is -0.508 e. The zero-order chi connectivity index (χ0) is 13.8.